The van der Waals surface area contributed by atoms with Gasteiger partial charge in [0.15, 0.2) is 0 Å². The summed E-state index contributed by atoms with van der Waals surface area (Å²) in [5, 5.41) is 14.8. The predicted molar refractivity (Wildman–Crippen MR) is 76.4 cm³/mol. The first-order valence-corrected chi connectivity index (χ1v) is 6.27. The van der Waals surface area contributed by atoms with Crippen LogP contribution in [0, 0.1) is 10.1 Å². The zero-order chi connectivity index (χ0) is 15.2. The van der Waals surface area contributed by atoms with Crippen molar-refractivity contribution in [2.45, 2.75) is 0 Å². The SMILES string of the molecule is NC(=O)N/N=C\c1ccc(N2CCOCC2)c([N+](=O)[O-])c1. The Kier molecular flexibility index (Phi) is 4.67. The molecule has 0 radical (unpaired) electrons. The van der Waals surface area contributed by atoms with Crippen molar-refractivity contribution in [2.75, 3.05) is 31.2 Å². The number of amides is 2. The molecule has 21 heavy (non-hydrogen) atoms. The van der Waals surface area contributed by atoms with Gasteiger partial charge in [-0.1, -0.05) is 6.07 Å². The highest BCUT2D eigenvalue weighted by atomic mass is 16.6. The van der Waals surface area contributed by atoms with Crippen molar-refractivity contribution in [2.24, 2.45) is 10.8 Å². The number of hydrogen-bond acceptors (Lipinski definition) is 6. The second kappa shape index (κ2) is 6.66. The number of ether oxygens (including phenoxy) is 1. The van der Waals surface area contributed by atoms with Crippen LogP contribution in [-0.4, -0.2) is 43.5 Å². The standard InChI is InChI=1S/C12H15N5O4/c13-12(18)15-14-8-9-1-2-10(11(7-9)17(19)20)16-3-5-21-6-4-16/h1-2,7-8H,3-6H2,(H3,13,15,18)/b14-8-. The van der Waals surface area contributed by atoms with E-state index < -0.39 is 11.0 Å². The molecule has 0 aliphatic carbocycles. The molecule has 1 fully saturated rings. The summed E-state index contributed by atoms with van der Waals surface area (Å²) in [6, 6.07) is 3.95. The fourth-order valence-electron chi connectivity index (χ4n) is 2.01. The number of urea groups is 1. The van der Waals surface area contributed by atoms with E-state index in [1.165, 1.54) is 12.3 Å². The topological polar surface area (TPSA) is 123 Å². The Labute approximate surface area is 120 Å². The Balaban J connectivity index is 2.24. The zero-order valence-corrected chi connectivity index (χ0v) is 11.2. The van der Waals surface area contributed by atoms with Crippen LogP contribution in [0.3, 0.4) is 0 Å². The fraction of sp³-hybridized carbons (Fsp3) is 0.333. The predicted octanol–water partition coefficient (Wildman–Crippen LogP) is 0.434. The van der Waals surface area contributed by atoms with E-state index >= 15 is 0 Å². The number of rotatable bonds is 4. The van der Waals surface area contributed by atoms with E-state index in [4.69, 9.17) is 10.5 Å². The van der Waals surface area contributed by atoms with Gasteiger partial charge in [-0.05, 0) is 6.07 Å². The molecule has 1 saturated heterocycles. The Morgan fingerprint density at radius 2 is 2.19 bits per heavy atom. The van der Waals surface area contributed by atoms with Gasteiger partial charge in [-0.25, -0.2) is 10.2 Å². The molecule has 0 aromatic heterocycles. The number of morpholine rings is 1. The smallest absolute Gasteiger partial charge is 0.332 e. The van der Waals surface area contributed by atoms with Crippen LogP contribution in [0.5, 0.6) is 0 Å². The number of primary amides is 1. The molecule has 1 aliphatic heterocycles. The Bertz CT molecular complexity index is 569. The van der Waals surface area contributed by atoms with Crippen LogP contribution in [0.2, 0.25) is 0 Å². The quantitative estimate of drug-likeness (QED) is 0.473. The van der Waals surface area contributed by atoms with Gasteiger partial charge >= 0.3 is 6.03 Å². The third-order valence-electron chi connectivity index (χ3n) is 2.94. The monoisotopic (exact) mass is 293 g/mol. The van der Waals surface area contributed by atoms with Gasteiger partial charge in [0.25, 0.3) is 5.69 Å². The maximum atomic E-state index is 11.2. The molecule has 3 N–H and O–H groups in total. The van der Waals surface area contributed by atoms with Crippen molar-refractivity contribution in [1.29, 1.82) is 0 Å². The minimum atomic E-state index is -0.800. The average molecular weight is 293 g/mol. The average Bonchev–Trinajstić information content (AvgIpc) is 2.47. The Morgan fingerprint density at radius 3 is 2.81 bits per heavy atom. The number of nitrogens with one attached hydrogen (secondary N) is 1. The molecule has 1 aliphatic rings. The van der Waals surface area contributed by atoms with Gasteiger partial charge in [0.2, 0.25) is 0 Å². The number of carbonyl (C=O) groups excluding carboxylic acids is 1. The summed E-state index contributed by atoms with van der Waals surface area (Å²) in [5.74, 6) is 0. The van der Waals surface area contributed by atoms with Crippen molar-refractivity contribution in [3.63, 3.8) is 0 Å². The molecule has 1 aromatic rings. The van der Waals surface area contributed by atoms with Crippen LogP contribution in [0.1, 0.15) is 5.56 Å². The summed E-state index contributed by atoms with van der Waals surface area (Å²) in [6.45, 7) is 2.31. The number of benzene rings is 1. The van der Waals surface area contributed by atoms with Crippen molar-refractivity contribution < 1.29 is 14.5 Å². The molecular weight excluding hydrogens is 278 g/mol. The van der Waals surface area contributed by atoms with Crippen LogP contribution < -0.4 is 16.1 Å². The van der Waals surface area contributed by atoms with Gasteiger partial charge in [0, 0.05) is 24.7 Å². The molecule has 1 aromatic carbocycles. The van der Waals surface area contributed by atoms with Gasteiger partial charge in [-0.15, -0.1) is 0 Å². The number of nitro benzene ring substituents is 1. The van der Waals surface area contributed by atoms with Gasteiger partial charge in [0.05, 0.1) is 24.4 Å². The lowest BCUT2D eigenvalue weighted by molar-refractivity contribution is -0.384. The second-order valence-electron chi connectivity index (χ2n) is 4.34. The van der Waals surface area contributed by atoms with E-state index in [1.54, 1.807) is 12.1 Å². The number of anilines is 1. The van der Waals surface area contributed by atoms with Crippen LogP contribution in [0.4, 0.5) is 16.2 Å². The van der Waals surface area contributed by atoms with Gasteiger partial charge in [-0.2, -0.15) is 5.10 Å². The lowest BCUT2D eigenvalue weighted by atomic mass is 10.1. The Morgan fingerprint density at radius 1 is 1.48 bits per heavy atom. The van der Waals surface area contributed by atoms with Crippen LogP contribution in [0.15, 0.2) is 23.3 Å². The lowest BCUT2D eigenvalue weighted by Crippen LogP contribution is -2.36. The number of hydrazone groups is 1. The van der Waals surface area contributed by atoms with Crippen molar-refractivity contribution in [3.8, 4) is 0 Å². The lowest BCUT2D eigenvalue weighted by Gasteiger charge is -2.28. The van der Waals surface area contributed by atoms with Gasteiger partial charge in [-0.3, -0.25) is 10.1 Å². The number of hydrogen-bond donors (Lipinski definition) is 2. The highest BCUT2D eigenvalue weighted by molar-refractivity contribution is 5.84. The molecule has 0 spiro atoms. The normalized spacial score (nSPS) is 15.1. The molecule has 1 heterocycles. The minimum absolute atomic E-state index is 0.0140. The summed E-state index contributed by atoms with van der Waals surface area (Å²) in [7, 11) is 0. The summed E-state index contributed by atoms with van der Waals surface area (Å²) >= 11 is 0. The highest BCUT2D eigenvalue weighted by Crippen LogP contribution is 2.29. The maximum Gasteiger partial charge on any atom is 0.332 e. The van der Waals surface area contributed by atoms with Crippen LogP contribution in [-0.2, 0) is 4.74 Å². The van der Waals surface area contributed by atoms with E-state index in [2.05, 4.69) is 5.10 Å². The van der Waals surface area contributed by atoms with Crippen LogP contribution >= 0.6 is 0 Å². The van der Waals surface area contributed by atoms with E-state index in [0.717, 1.165) is 0 Å². The number of nitro groups is 1. The van der Waals surface area contributed by atoms with Crippen molar-refractivity contribution in [1.82, 2.24) is 5.43 Å². The Hall–Kier alpha value is -2.68. The first-order chi connectivity index (χ1) is 10.1. The number of nitrogens with zero attached hydrogens (tertiary/aromatic N) is 3. The molecule has 0 bridgehead atoms. The van der Waals surface area contributed by atoms with Gasteiger partial charge in [0.1, 0.15) is 5.69 Å². The van der Waals surface area contributed by atoms with E-state index in [9.17, 15) is 14.9 Å². The molecule has 0 atom stereocenters. The summed E-state index contributed by atoms with van der Waals surface area (Å²) in [6.07, 6.45) is 1.29. The molecule has 9 nitrogen and oxygen atoms in total. The second-order valence-corrected chi connectivity index (χ2v) is 4.34. The maximum absolute atomic E-state index is 11.2. The zero-order valence-electron chi connectivity index (χ0n) is 11.2. The fourth-order valence-corrected chi connectivity index (χ4v) is 2.01. The highest BCUT2D eigenvalue weighted by Gasteiger charge is 2.21. The first kappa shape index (κ1) is 14.7. The molecule has 0 unspecified atom stereocenters. The third-order valence-corrected chi connectivity index (χ3v) is 2.94. The molecule has 0 saturated carbocycles. The van der Waals surface area contributed by atoms with Gasteiger partial charge < -0.3 is 15.4 Å². The number of nitrogens with two attached hydrogens (primary N) is 1. The van der Waals surface area contributed by atoms with E-state index in [1.807, 2.05) is 10.3 Å². The van der Waals surface area contributed by atoms with E-state index in [0.29, 0.717) is 37.6 Å². The van der Waals surface area contributed by atoms with Crippen molar-refractivity contribution >= 4 is 23.6 Å². The summed E-state index contributed by atoms with van der Waals surface area (Å²) in [4.78, 5) is 23.2. The summed E-state index contributed by atoms with van der Waals surface area (Å²) < 4.78 is 5.24. The minimum Gasteiger partial charge on any atom is -0.378 e. The van der Waals surface area contributed by atoms with E-state index in [-0.39, 0.29) is 5.69 Å². The number of carbonyl (C=O) groups is 1. The first-order valence-electron chi connectivity index (χ1n) is 6.27. The third kappa shape index (κ3) is 3.89. The molecule has 9 heteroatoms. The summed E-state index contributed by atoms with van der Waals surface area (Å²) in [5.41, 5.74) is 7.92. The molecular formula is C12H15N5O4. The molecule has 2 rings (SSSR count). The largest absolute Gasteiger partial charge is 0.378 e. The molecule has 112 valence electrons. The van der Waals surface area contributed by atoms with Crippen LogP contribution in [0.25, 0.3) is 0 Å². The molecule has 2 amide bonds. The van der Waals surface area contributed by atoms with Crippen molar-refractivity contribution in [3.05, 3.63) is 33.9 Å².